The number of hydrogen-bond acceptors (Lipinski definition) is 3. The molecule has 0 bridgehead atoms. The maximum absolute atomic E-state index is 12.2. The molecule has 1 aliphatic rings. The van der Waals surface area contributed by atoms with Crippen molar-refractivity contribution in [2.45, 2.75) is 52.0 Å². The number of piperidine rings is 1. The topological polar surface area (TPSA) is 41.6 Å². The average molecular weight is 332 g/mol. The molecule has 1 amide bonds. The molecule has 2 rings (SSSR count). The highest BCUT2D eigenvalue weighted by Crippen LogP contribution is 2.23. The Morgan fingerprint density at radius 2 is 2.21 bits per heavy atom. The molecule has 0 saturated carbocycles. The lowest BCUT2D eigenvalue weighted by atomic mass is 9.93. The summed E-state index contributed by atoms with van der Waals surface area (Å²) in [5.41, 5.74) is 1.15. The number of benzene rings is 1. The highest BCUT2D eigenvalue weighted by molar-refractivity contribution is 5.76. The normalized spacial score (nSPS) is 19.1. The van der Waals surface area contributed by atoms with Gasteiger partial charge in [-0.15, -0.1) is 0 Å². The number of nitrogens with one attached hydrogen (secondary N) is 1. The van der Waals surface area contributed by atoms with E-state index in [-0.39, 0.29) is 11.4 Å². The number of ether oxygens (including phenoxy) is 1. The zero-order valence-electron chi connectivity index (χ0n) is 15.6. The van der Waals surface area contributed by atoms with E-state index in [0.29, 0.717) is 13.0 Å². The van der Waals surface area contributed by atoms with Gasteiger partial charge in [0, 0.05) is 25.0 Å². The Labute approximate surface area is 146 Å². The van der Waals surface area contributed by atoms with E-state index in [9.17, 15) is 4.79 Å². The van der Waals surface area contributed by atoms with Crippen molar-refractivity contribution in [1.29, 1.82) is 0 Å². The summed E-state index contributed by atoms with van der Waals surface area (Å²) in [6.45, 7) is 9.75. The first-order valence-corrected chi connectivity index (χ1v) is 9.05. The number of amides is 1. The molecule has 1 atom stereocenters. The van der Waals surface area contributed by atoms with Crippen molar-refractivity contribution in [1.82, 2.24) is 10.2 Å². The summed E-state index contributed by atoms with van der Waals surface area (Å²) in [6.07, 6.45) is 3.83. The third-order valence-electron chi connectivity index (χ3n) is 5.01. The van der Waals surface area contributed by atoms with E-state index in [1.807, 2.05) is 24.3 Å². The average Bonchev–Trinajstić information content (AvgIpc) is 2.58. The van der Waals surface area contributed by atoms with Crippen LogP contribution in [0.1, 0.15) is 45.6 Å². The molecule has 4 heteroatoms. The van der Waals surface area contributed by atoms with Gasteiger partial charge >= 0.3 is 0 Å². The summed E-state index contributed by atoms with van der Waals surface area (Å²) < 4.78 is 5.22. The van der Waals surface area contributed by atoms with Crippen LogP contribution in [-0.4, -0.2) is 43.1 Å². The molecule has 1 fully saturated rings. The largest absolute Gasteiger partial charge is 0.497 e. The molecule has 134 valence electrons. The van der Waals surface area contributed by atoms with Crippen molar-refractivity contribution >= 4 is 5.91 Å². The van der Waals surface area contributed by atoms with Crippen LogP contribution in [0.15, 0.2) is 24.3 Å². The second-order valence-electron chi connectivity index (χ2n) is 7.63. The summed E-state index contributed by atoms with van der Waals surface area (Å²) in [4.78, 5) is 14.7. The Kier molecular flexibility index (Phi) is 6.67. The predicted molar refractivity (Wildman–Crippen MR) is 98.4 cm³/mol. The number of methoxy groups -OCH3 is 1. The van der Waals surface area contributed by atoms with Gasteiger partial charge in [0.2, 0.25) is 5.91 Å². The molecule has 1 saturated heterocycles. The van der Waals surface area contributed by atoms with Crippen LogP contribution >= 0.6 is 0 Å². The number of aryl methyl sites for hydroxylation is 1. The van der Waals surface area contributed by atoms with Gasteiger partial charge < -0.3 is 10.1 Å². The van der Waals surface area contributed by atoms with Crippen molar-refractivity contribution in [2.75, 3.05) is 26.7 Å². The van der Waals surface area contributed by atoms with Crippen LogP contribution in [0.5, 0.6) is 5.75 Å². The molecule has 1 aromatic rings. The third kappa shape index (κ3) is 5.52. The zero-order valence-corrected chi connectivity index (χ0v) is 15.6. The van der Waals surface area contributed by atoms with Crippen LogP contribution in [0.2, 0.25) is 0 Å². The van der Waals surface area contributed by atoms with Gasteiger partial charge in [-0.25, -0.2) is 0 Å². The number of carbonyl (C=O) groups excluding carboxylic acids is 1. The van der Waals surface area contributed by atoms with Crippen molar-refractivity contribution in [3.8, 4) is 5.75 Å². The van der Waals surface area contributed by atoms with E-state index in [1.54, 1.807) is 7.11 Å². The standard InChI is InChI=1S/C20H32N2O2/c1-16-7-6-12-22(14-16)20(2,3)15-21-19(23)11-10-17-8-5-9-18(13-17)24-4/h5,8-9,13,16H,6-7,10-12,14-15H2,1-4H3,(H,21,23). The van der Waals surface area contributed by atoms with E-state index in [2.05, 4.69) is 31.0 Å². The van der Waals surface area contributed by atoms with E-state index < -0.39 is 0 Å². The lowest BCUT2D eigenvalue weighted by Gasteiger charge is -2.43. The van der Waals surface area contributed by atoms with Gasteiger partial charge in [-0.2, -0.15) is 0 Å². The number of rotatable bonds is 7. The number of hydrogen-bond donors (Lipinski definition) is 1. The quantitative estimate of drug-likeness (QED) is 0.833. The molecular formula is C20H32N2O2. The molecule has 0 aromatic heterocycles. The molecule has 24 heavy (non-hydrogen) atoms. The maximum atomic E-state index is 12.2. The molecule has 0 spiro atoms. The highest BCUT2D eigenvalue weighted by atomic mass is 16.5. The highest BCUT2D eigenvalue weighted by Gasteiger charge is 2.30. The molecule has 1 aromatic carbocycles. The third-order valence-corrected chi connectivity index (χ3v) is 5.01. The van der Waals surface area contributed by atoms with E-state index >= 15 is 0 Å². The fraction of sp³-hybridized carbons (Fsp3) is 0.650. The first-order chi connectivity index (χ1) is 11.4. The summed E-state index contributed by atoms with van der Waals surface area (Å²) >= 11 is 0. The van der Waals surface area contributed by atoms with E-state index in [1.165, 1.54) is 12.8 Å². The molecule has 1 aliphatic heterocycles. The molecule has 1 N–H and O–H groups in total. The van der Waals surface area contributed by atoms with Crippen LogP contribution in [-0.2, 0) is 11.2 Å². The Morgan fingerprint density at radius 3 is 2.92 bits per heavy atom. The van der Waals surface area contributed by atoms with Crippen molar-refractivity contribution in [3.05, 3.63) is 29.8 Å². The minimum absolute atomic E-state index is 0.0142. The van der Waals surface area contributed by atoms with E-state index in [0.717, 1.165) is 36.7 Å². The zero-order chi connectivity index (χ0) is 17.6. The summed E-state index contributed by atoms with van der Waals surface area (Å²) in [6, 6.07) is 7.92. The number of likely N-dealkylation sites (tertiary alicyclic amines) is 1. The minimum atomic E-state index is 0.0142. The first-order valence-electron chi connectivity index (χ1n) is 9.05. The van der Waals surface area contributed by atoms with Crippen LogP contribution < -0.4 is 10.1 Å². The Morgan fingerprint density at radius 1 is 1.42 bits per heavy atom. The van der Waals surface area contributed by atoms with E-state index in [4.69, 9.17) is 4.74 Å². The maximum Gasteiger partial charge on any atom is 0.220 e. The molecular weight excluding hydrogens is 300 g/mol. The lowest BCUT2D eigenvalue weighted by molar-refractivity contribution is -0.121. The fourth-order valence-electron chi connectivity index (χ4n) is 3.34. The fourth-order valence-corrected chi connectivity index (χ4v) is 3.34. The molecule has 1 unspecified atom stereocenters. The SMILES string of the molecule is COc1cccc(CCC(=O)NCC(C)(C)N2CCCC(C)C2)c1. The Bertz CT molecular complexity index is 542. The first kappa shape index (κ1) is 18.8. The Hall–Kier alpha value is -1.55. The van der Waals surface area contributed by atoms with Gasteiger partial charge in [0.15, 0.2) is 0 Å². The molecule has 0 aliphatic carbocycles. The Balaban J connectivity index is 1.77. The van der Waals surface area contributed by atoms with Gasteiger partial charge in [-0.1, -0.05) is 19.1 Å². The van der Waals surface area contributed by atoms with Gasteiger partial charge in [-0.05, 0) is 63.3 Å². The second-order valence-corrected chi connectivity index (χ2v) is 7.63. The number of carbonyl (C=O) groups is 1. The second kappa shape index (κ2) is 8.52. The monoisotopic (exact) mass is 332 g/mol. The van der Waals surface area contributed by atoms with Crippen LogP contribution in [0.3, 0.4) is 0 Å². The van der Waals surface area contributed by atoms with Gasteiger partial charge in [0.05, 0.1) is 7.11 Å². The van der Waals surface area contributed by atoms with Crippen molar-refractivity contribution in [3.63, 3.8) is 0 Å². The van der Waals surface area contributed by atoms with Crippen LogP contribution in [0.4, 0.5) is 0 Å². The van der Waals surface area contributed by atoms with Crippen molar-refractivity contribution < 1.29 is 9.53 Å². The van der Waals surface area contributed by atoms with Gasteiger partial charge in [0.1, 0.15) is 5.75 Å². The van der Waals surface area contributed by atoms with Gasteiger partial charge in [-0.3, -0.25) is 9.69 Å². The minimum Gasteiger partial charge on any atom is -0.497 e. The van der Waals surface area contributed by atoms with Crippen LogP contribution in [0, 0.1) is 5.92 Å². The number of nitrogens with zero attached hydrogens (tertiary/aromatic N) is 1. The van der Waals surface area contributed by atoms with Crippen molar-refractivity contribution in [2.24, 2.45) is 5.92 Å². The smallest absolute Gasteiger partial charge is 0.220 e. The molecule has 1 heterocycles. The lowest BCUT2D eigenvalue weighted by Crippen LogP contribution is -2.54. The summed E-state index contributed by atoms with van der Waals surface area (Å²) in [5, 5.41) is 3.12. The summed E-state index contributed by atoms with van der Waals surface area (Å²) in [7, 11) is 1.66. The predicted octanol–water partition coefficient (Wildman–Crippen LogP) is 3.25. The molecule has 0 radical (unpaired) electrons. The summed E-state index contributed by atoms with van der Waals surface area (Å²) in [5.74, 6) is 1.71. The van der Waals surface area contributed by atoms with Gasteiger partial charge in [0.25, 0.3) is 0 Å². The molecule has 4 nitrogen and oxygen atoms in total. The van der Waals surface area contributed by atoms with Crippen LogP contribution in [0.25, 0.3) is 0 Å².